The van der Waals surface area contributed by atoms with Gasteiger partial charge in [-0.25, -0.2) is 4.79 Å². The van der Waals surface area contributed by atoms with Gasteiger partial charge in [0.15, 0.2) is 0 Å². The number of halogens is 2. The molecule has 9 heteroatoms. The van der Waals surface area contributed by atoms with E-state index in [1.807, 2.05) is 12.1 Å². The summed E-state index contributed by atoms with van der Waals surface area (Å²) in [4.78, 5) is 37.5. The van der Waals surface area contributed by atoms with Crippen LogP contribution in [-0.4, -0.2) is 43.5 Å². The van der Waals surface area contributed by atoms with Gasteiger partial charge in [-0.15, -0.1) is 12.4 Å². The Kier molecular flexibility index (Phi) is 10.2. The van der Waals surface area contributed by atoms with Crippen molar-refractivity contribution in [3.63, 3.8) is 0 Å². The first-order chi connectivity index (χ1) is 15.4. The van der Waals surface area contributed by atoms with Crippen LogP contribution < -0.4 is 16.0 Å². The van der Waals surface area contributed by atoms with Crippen molar-refractivity contribution >= 4 is 47.5 Å². The van der Waals surface area contributed by atoms with Gasteiger partial charge in [0.25, 0.3) is 5.91 Å². The molecule has 0 bridgehead atoms. The molecule has 0 radical (unpaired) electrons. The molecule has 0 spiro atoms. The number of amides is 2. The van der Waals surface area contributed by atoms with E-state index in [0.29, 0.717) is 21.8 Å². The number of methoxy groups -OCH3 is 1. The van der Waals surface area contributed by atoms with E-state index in [4.69, 9.17) is 16.3 Å². The monoisotopic (exact) mass is 493 g/mol. The summed E-state index contributed by atoms with van der Waals surface area (Å²) in [5.74, 6) is -1.04. The van der Waals surface area contributed by atoms with E-state index in [2.05, 4.69) is 16.0 Å². The third-order valence-corrected chi connectivity index (χ3v) is 5.84. The average molecular weight is 494 g/mol. The number of ether oxygens (including phenoxy) is 1. The van der Waals surface area contributed by atoms with E-state index in [1.54, 1.807) is 37.3 Å². The molecule has 2 atom stereocenters. The second-order valence-electron chi connectivity index (χ2n) is 7.87. The van der Waals surface area contributed by atoms with E-state index in [0.717, 1.165) is 31.4 Å². The number of piperidine rings is 1. The van der Waals surface area contributed by atoms with E-state index < -0.39 is 17.9 Å². The minimum absolute atomic E-state index is 0. The molecular weight excluding hydrogens is 465 g/mol. The number of carbonyl (C=O) groups excluding carboxylic acids is 3. The number of carbonyl (C=O) groups is 3. The van der Waals surface area contributed by atoms with Crippen LogP contribution in [0.3, 0.4) is 0 Å². The summed E-state index contributed by atoms with van der Waals surface area (Å²) >= 11 is 6.18. The highest BCUT2D eigenvalue weighted by molar-refractivity contribution is 6.34. The van der Waals surface area contributed by atoms with Crippen LogP contribution in [0.2, 0.25) is 5.02 Å². The molecule has 2 aromatic carbocycles. The lowest BCUT2D eigenvalue weighted by molar-refractivity contribution is -0.142. The van der Waals surface area contributed by atoms with Crippen LogP contribution in [0.15, 0.2) is 42.5 Å². The Morgan fingerprint density at radius 1 is 1.15 bits per heavy atom. The number of nitrogens with one attached hydrogen (secondary N) is 3. The Labute approximate surface area is 205 Å². The Hall–Kier alpha value is -2.61. The standard InChI is InChI=1S/C24H28ClN3O4.ClH/c1-15-6-5-7-18(25)21(15)23(30)28-20(24(31)32-2)14-16-9-11-17(12-10-16)27-22(29)19-8-3-4-13-26-19;/h5-7,9-12,19-20,26H,3-4,8,13-14H2,1-2H3,(H,27,29)(H,28,30);1H. The van der Waals surface area contributed by atoms with Gasteiger partial charge in [-0.2, -0.15) is 0 Å². The van der Waals surface area contributed by atoms with Crippen LogP contribution in [0.1, 0.15) is 40.7 Å². The smallest absolute Gasteiger partial charge is 0.328 e. The highest BCUT2D eigenvalue weighted by Crippen LogP contribution is 2.20. The summed E-state index contributed by atoms with van der Waals surface area (Å²) in [6.07, 6.45) is 3.19. The molecule has 1 aliphatic rings. The third kappa shape index (κ3) is 7.19. The fourth-order valence-electron chi connectivity index (χ4n) is 3.75. The zero-order valence-corrected chi connectivity index (χ0v) is 20.2. The summed E-state index contributed by atoms with van der Waals surface area (Å²) in [6, 6.07) is 11.3. The molecule has 1 aliphatic heterocycles. The average Bonchev–Trinajstić information content (AvgIpc) is 2.79. The second kappa shape index (κ2) is 12.6. The van der Waals surface area contributed by atoms with Crippen molar-refractivity contribution in [3.05, 3.63) is 64.2 Å². The Morgan fingerprint density at radius 3 is 2.48 bits per heavy atom. The van der Waals surface area contributed by atoms with Crippen LogP contribution in [0, 0.1) is 6.92 Å². The number of anilines is 1. The number of aryl methyl sites for hydroxylation is 1. The quantitative estimate of drug-likeness (QED) is 0.511. The summed E-state index contributed by atoms with van der Waals surface area (Å²) < 4.78 is 4.87. The molecule has 7 nitrogen and oxygen atoms in total. The van der Waals surface area contributed by atoms with Crippen molar-refractivity contribution in [1.82, 2.24) is 10.6 Å². The molecule has 2 amide bonds. The van der Waals surface area contributed by atoms with Crippen LogP contribution in [0.5, 0.6) is 0 Å². The summed E-state index contributed by atoms with van der Waals surface area (Å²) in [7, 11) is 1.28. The lowest BCUT2D eigenvalue weighted by Crippen LogP contribution is -2.43. The van der Waals surface area contributed by atoms with Crippen molar-refractivity contribution < 1.29 is 19.1 Å². The first-order valence-corrected chi connectivity index (χ1v) is 11.0. The molecule has 0 saturated carbocycles. The number of hydrogen-bond acceptors (Lipinski definition) is 5. The first kappa shape index (κ1) is 26.6. The minimum atomic E-state index is -0.880. The molecule has 178 valence electrons. The molecule has 1 saturated heterocycles. The number of esters is 1. The van der Waals surface area contributed by atoms with Crippen molar-refractivity contribution in [2.75, 3.05) is 19.0 Å². The van der Waals surface area contributed by atoms with Crippen LogP contribution in [-0.2, 0) is 20.7 Å². The highest BCUT2D eigenvalue weighted by Gasteiger charge is 2.25. The van der Waals surface area contributed by atoms with E-state index >= 15 is 0 Å². The molecule has 0 aliphatic carbocycles. The molecule has 3 rings (SSSR count). The Morgan fingerprint density at radius 2 is 1.88 bits per heavy atom. The van der Waals surface area contributed by atoms with Gasteiger partial charge in [-0.1, -0.05) is 42.3 Å². The number of hydrogen-bond donors (Lipinski definition) is 3. The second-order valence-corrected chi connectivity index (χ2v) is 8.28. The first-order valence-electron chi connectivity index (χ1n) is 10.7. The van der Waals surface area contributed by atoms with Gasteiger partial charge in [-0.3, -0.25) is 9.59 Å². The maximum absolute atomic E-state index is 12.8. The lowest BCUT2D eigenvalue weighted by Gasteiger charge is -2.22. The maximum atomic E-state index is 12.8. The predicted octanol–water partition coefficient (Wildman–Crippen LogP) is 3.66. The van der Waals surface area contributed by atoms with Gasteiger partial charge in [0, 0.05) is 12.1 Å². The van der Waals surface area contributed by atoms with Gasteiger partial charge in [0.05, 0.1) is 23.7 Å². The minimum Gasteiger partial charge on any atom is -0.467 e. The third-order valence-electron chi connectivity index (χ3n) is 5.53. The van der Waals surface area contributed by atoms with Crippen molar-refractivity contribution in [1.29, 1.82) is 0 Å². The van der Waals surface area contributed by atoms with Crippen LogP contribution >= 0.6 is 24.0 Å². The lowest BCUT2D eigenvalue weighted by atomic mass is 10.0. The predicted molar refractivity (Wildman–Crippen MR) is 131 cm³/mol. The van der Waals surface area contributed by atoms with E-state index in [1.165, 1.54) is 7.11 Å². The van der Waals surface area contributed by atoms with E-state index in [-0.39, 0.29) is 30.8 Å². The molecule has 2 aromatic rings. The number of rotatable bonds is 7. The van der Waals surface area contributed by atoms with Gasteiger partial charge in [0.2, 0.25) is 5.91 Å². The normalized spacial score (nSPS) is 16.2. The fraction of sp³-hybridized carbons (Fsp3) is 0.375. The summed E-state index contributed by atoms with van der Waals surface area (Å²) in [5.41, 5.74) is 2.53. The zero-order valence-electron chi connectivity index (χ0n) is 18.7. The van der Waals surface area contributed by atoms with Gasteiger partial charge in [-0.05, 0) is 55.6 Å². The molecule has 1 heterocycles. The molecule has 33 heavy (non-hydrogen) atoms. The molecule has 1 fully saturated rings. The molecule has 2 unspecified atom stereocenters. The maximum Gasteiger partial charge on any atom is 0.328 e. The van der Waals surface area contributed by atoms with Crippen molar-refractivity contribution in [3.8, 4) is 0 Å². The SMILES string of the molecule is COC(=O)C(Cc1ccc(NC(=O)C2CCCCN2)cc1)NC(=O)c1c(C)cccc1Cl.Cl. The zero-order chi connectivity index (χ0) is 23.1. The van der Waals surface area contributed by atoms with Gasteiger partial charge < -0.3 is 20.7 Å². The molecule has 3 N–H and O–H groups in total. The van der Waals surface area contributed by atoms with Crippen LogP contribution in [0.4, 0.5) is 5.69 Å². The van der Waals surface area contributed by atoms with Crippen molar-refractivity contribution in [2.24, 2.45) is 0 Å². The Bertz CT molecular complexity index is 956. The topological polar surface area (TPSA) is 96.5 Å². The summed E-state index contributed by atoms with van der Waals surface area (Å²) in [6.45, 7) is 2.63. The highest BCUT2D eigenvalue weighted by atomic mass is 35.5. The Balaban J connectivity index is 0.00000385. The van der Waals surface area contributed by atoms with Gasteiger partial charge >= 0.3 is 5.97 Å². The molecule has 0 aromatic heterocycles. The van der Waals surface area contributed by atoms with Crippen LogP contribution in [0.25, 0.3) is 0 Å². The van der Waals surface area contributed by atoms with Crippen molar-refractivity contribution in [2.45, 2.75) is 44.7 Å². The summed E-state index contributed by atoms with van der Waals surface area (Å²) in [5, 5.41) is 9.18. The fourth-order valence-corrected chi connectivity index (χ4v) is 4.06. The largest absolute Gasteiger partial charge is 0.467 e. The van der Waals surface area contributed by atoms with Gasteiger partial charge in [0.1, 0.15) is 6.04 Å². The number of benzene rings is 2. The molecular formula is C24H29Cl2N3O4. The van der Waals surface area contributed by atoms with E-state index in [9.17, 15) is 14.4 Å².